The van der Waals surface area contributed by atoms with Crippen molar-refractivity contribution in [3.05, 3.63) is 23.8 Å². The summed E-state index contributed by atoms with van der Waals surface area (Å²) in [5.74, 6) is 0.516. The van der Waals surface area contributed by atoms with Gasteiger partial charge in [0.25, 0.3) is 0 Å². The van der Waals surface area contributed by atoms with Crippen molar-refractivity contribution in [2.75, 3.05) is 25.6 Å². The van der Waals surface area contributed by atoms with Crippen LogP contribution in [0.1, 0.15) is 12.0 Å². The van der Waals surface area contributed by atoms with E-state index in [1.165, 1.54) is 12.7 Å². The number of ether oxygens (including phenoxy) is 2. The third-order valence-electron chi connectivity index (χ3n) is 2.86. The van der Waals surface area contributed by atoms with Crippen molar-refractivity contribution in [1.82, 2.24) is 0 Å². The Balaban J connectivity index is 1.85. The highest BCUT2D eigenvalue weighted by atomic mass is 16.5. The minimum atomic E-state index is -0.748. The first-order valence-corrected chi connectivity index (χ1v) is 5.93. The van der Waals surface area contributed by atoms with Gasteiger partial charge in [-0.25, -0.2) is 0 Å². The monoisotopic (exact) mass is 251 g/mol. The number of nitrogens with one attached hydrogen (secondary N) is 1. The van der Waals surface area contributed by atoms with Crippen LogP contribution in [-0.2, 0) is 16.0 Å². The van der Waals surface area contributed by atoms with Crippen molar-refractivity contribution in [3.63, 3.8) is 0 Å². The number of carbonyl (C=O) groups is 1. The summed E-state index contributed by atoms with van der Waals surface area (Å²) in [5, 5.41) is 12.7. The van der Waals surface area contributed by atoms with Gasteiger partial charge >= 0.3 is 5.97 Å². The lowest BCUT2D eigenvalue weighted by Crippen LogP contribution is -2.23. The van der Waals surface area contributed by atoms with Crippen LogP contribution in [0, 0.1) is 0 Å². The summed E-state index contributed by atoms with van der Waals surface area (Å²) in [6, 6.07) is 5.82. The van der Waals surface area contributed by atoms with Gasteiger partial charge in [0, 0.05) is 18.7 Å². The van der Waals surface area contributed by atoms with Crippen LogP contribution in [0.2, 0.25) is 0 Å². The zero-order valence-electron chi connectivity index (χ0n) is 10.3. The molecule has 98 valence electrons. The molecule has 1 heterocycles. The zero-order chi connectivity index (χ0) is 13.0. The first-order chi connectivity index (χ1) is 8.69. The Bertz CT molecular complexity index is 433. The molecule has 1 atom stereocenters. The Labute approximate surface area is 106 Å². The van der Waals surface area contributed by atoms with Gasteiger partial charge in [-0.2, -0.15) is 0 Å². The number of hydrogen-bond donors (Lipinski definition) is 2. The number of methoxy groups -OCH3 is 1. The average Bonchev–Trinajstić information content (AvgIpc) is 2.83. The molecule has 0 aromatic heterocycles. The van der Waals surface area contributed by atoms with Crippen molar-refractivity contribution in [3.8, 4) is 5.75 Å². The summed E-state index contributed by atoms with van der Waals surface area (Å²) in [4.78, 5) is 11.0. The van der Waals surface area contributed by atoms with Crippen molar-refractivity contribution in [1.29, 1.82) is 0 Å². The maximum atomic E-state index is 11.0. The zero-order valence-corrected chi connectivity index (χ0v) is 10.3. The maximum Gasteiger partial charge on any atom is 0.308 e. The minimum Gasteiger partial charge on any atom is -0.493 e. The lowest BCUT2D eigenvalue weighted by atomic mass is 10.1. The van der Waals surface area contributed by atoms with Crippen LogP contribution in [0.4, 0.5) is 5.69 Å². The molecule has 0 amide bonds. The normalized spacial score (nSPS) is 14.6. The summed E-state index contributed by atoms with van der Waals surface area (Å²) < 4.78 is 9.90. The summed E-state index contributed by atoms with van der Waals surface area (Å²) in [6.45, 7) is 1.04. The number of rotatable bonds is 5. The molecule has 1 aromatic carbocycles. The molecule has 5 nitrogen and oxygen atoms in total. The number of esters is 1. The van der Waals surface area contributed by atoms with Crippen LogP contribution < -0.4 is 10.1 Å². The second-order valence-corrected chi connectivity index (χ2v) is 4.24. The molecule has 2 rings (SSSR count). The second kappa shape index (κ2) is 5.73. The molecule has 0 spiro atoms. The quantitative estimate of drug-likeness (QED) is 0.763. The second-order valence-electron chi connectivity index (χ2n) is 4.24. The molecule has 0 bridgehead atoms. The summed E-state index contributed by atoms with van der Waals surface area (Å²) in [5.41, 5.74) is 2.09. The largest absolute Gasteiger partial charge is 0.493 e. The smallest absolute Gasteiger partial charge is 0.308 e. The van der Waals surface area contributed by atoms with E-state index in [1.54, 1.807) is 0 Å². The van der Waals surface area contributed by atoms with Crippen molar-refractivity contribution in [2.45, 2.75) is 18.9 Å². The van der Waals surface area contributed by atoms with Crippen LogP contribution in [0.15, 0.2) is 18.2 Å². The first kappa shape index (κ1) is 12.7. The third kappa shape index (κ3) is 3.13. The topological polar surface area (TPSA) is 67.8 Å². The minimum absolute atomic E-state index is 0.00243. The Kier molecular flexibility index (Phi) is 4.04. The fraction of sp³-hybridized carbons (Fsp3) is 0.462. The van der Waals surface area contributed by atoms with E-state index < -0.39 is 12.1 Å². The number of hydrogen-bond acceptors (Lipinski definition) is 5. The van der Waals surface area contributed by atoms with Crippen LogP contribution in [0.5, 0.6) is 5.75 Å². The molecule has 0 aliphatic carbocycles. The van der Waals surface area contributed by atoms with Gasteiger partial charge in [0.15, 0.2) is 0 Å². The Hall–Kier alpha value is -1.75. The van der Waals surface area contributed by atoms with Gasteiger partial charge in [0.2, 0.25) is 0 Å². The molecule has 0 saturated carbocycles. The molecule has 1 aromatic rings. The molecule has 1 aliphatic heterocycles. The summed E-state index contributed by atoms with van der Waals surface area (Å²) in [7, 11) is 1.31. The van der Waals surface area contributed by atoms with E-state index >= 15 is 0 Å². The Morgan fingerprint density at radius 3 is 3.22 bits per heavy atom. The van der Waals surface area contributed by atoms with Crippen LogP contribution >= 0.6 is 0 Å². The highest BCUT2D eigenvalue weighted by molar-refractivity contribution is 5.69. The summed E-state index contributed by atoms with van der Waals surface area (Å²) >= 11 is 0. The van der Waals surface area contributed by atoms with Crippen LogP contribution in [0.3, 0.4) is 0 Å². The van der Waals surface area contributed by atoms with Crippen LogP contribution in [-0.4, -0.2) is 37.4 Å². The lowest BCUT2D eigenvalue weighted by molar-refractivity contribution is -0.142. The van der Waals surface area contributed by atoms with E-state index in [0.29, 0.717) is 6.54 Å². The number of aliphatic hydroxyl groups is 1. The molecular weight excluding hydrogens is 234 g/mol. The highest BCUT2D eigenvalue weighted by Crippen LogP contribution is 2.27. The maximum absolute atomic E-state index is 11.0. The predicted octanol–water partition coefficient (Wildman–Crippen LogP) is 0.957. The van der Waals surface area contributed by atoms with Gasteiger partial charge < -0.3 is 19.9 Å². The lowest BCUT2D eigenvalue weighted by Gasteiger charge is -2.12. The van der Waals surface area contributed by atoms with E-state index in [0.717, 1.165) is 24.5 Å². The van der Waals surface area contributed by atoms with Crippen LogP contribution in [0.25, 0.3) is 0 Å². The molecule has 0 radical (unpaired) electrons. The van der Waals surface area contributed by atoms with Gasteiger partial charge in [-0.15, -0.1) is 0 Å². The number of benzene rings is 1. The SMILES string of the molecule is COC(=O)CC(O)CNc1ccc2c(c1)CCO2. The molecule has 0 fully saturated rings. The fourth-order valence-electron chi connectivity index (χ4n) is 1.88. The van der Waals surface area contributed by atoms with E-state index in [9.17, 15) is 9.90 Å². The van der Waals surface area contributed by atoms with Gasteiger partial charge in [-0.3, -0.25) is 4.79 Å². The third-order valence-corrected chi connectivity index (χ3v) is 2.86. The molecule has 0 saturated heterocycles. The van der Waals surface area contributed by atoms with Crippen molar-refractivity contribution in [2.24, 2.45) is 0 Å². The number of aliphatic hydroxyl groups excluding tert-OH is 1. The van der Waals surface area contributed by atoms with Gasteiger partial charge in [0.1, 0.15) is 5.75 Å². The standard InChI is InChI=1S/C13H17NO4/c1-17-13(16)7-11(15)8-14-10-2-3-12-9(6-10)4-5-18-12/h2-3,6,11,14-15H,4-5,7-8H2,1H3. The Morgan fingerprint density at radius 2 is 2.44 bits per heavy atom. The molecule has 1 aliphatic rings. The van der Waals surface area contributed by atoms with Crippen molar-refractivity contribution < 1.29 is 19.4 Å². The van der Waals surface area contributed by atoms with Gasteiger partial charge in [-0.05, 0) is 23.8 Å². The Morgan fingerprint density at radius 1 is 1.61 bits per heavy atom. The molecule has 5 heteroatoms. The van der Waals surface area contributed by atoms with Gasteiger partial charge in [-0.1, -0.05) is 0 Å². The van der Waals surface area contributed by atoms with Gasteiger partial charge in [0.05, 0.1) is 26.2 Å². The predicted molar refractivity (Wildman–Crippen MR) is 66.8 cm³/mol. The van der Waals surface area contributed by atoms with E-state index in [4.69, 9.17) is 4.74 Å². The van der Waals surface area contributed by atoms with E-state index in [-0.39, 0.29) is 6.42 Å². The highest BCUT2D eigenvalue weighted by Gasteiger charge is 2.13. The number of anilines is 1. The van der Waals surface area contributed by atoms with Crippen molar-refractivity contribution >= 4 is 11.7 Å². The fourth-order valence-corrected chi connectivity index (χ4v) is 1.88. The molecular formula is C13H17NO4. The number of fused-ring (bicyclic) bond motifs is 1. The molecule has 1 unspecified atom stereocenters. The average molecular weight is 251 g/mol. The van der Waals surface area contributed by atoms with E-state index in [2.05, 4.69) is 10.1 Å². The van der Waals surface area contributed by atoms with E-state index in [1.807, 2.05) is 18.2 Å². The number of carbonyl (C=O) groups excluding carboxylic acids is 1. The molecule has 2 N–H and O–H groups in total. The molecule has 18 heavy (non-hydrogen) atoms. The first-order valence-electron chi connectivity index (χ1n) is 5.93. The summed E-state index contributed by atoms with van der Waals surface area (Å²) in [6.07, 6.45) is 0.162.